The lowest BCUT2D eigenvalue weighted by Gasteiger charge is -2.11. The molecule has 0 saturated heterocycles. The van der Waals surface area contributed by atoms with Gasteiger partial charge in [-0.05, 0) is 36.8 Å². The van der Waals surface area contributed by atoms with Gasteiger partial charge in [0, 0.05) is 17.5 Å². The fourth-order valence-electron chi connectivity index (χ4n) is 3.34. The van der Waals surface area contributed by atoms with Crippen LogP contribution in [0.2, 0.25) is 0 Å². The highest BCUT2D eigenvalue weighted by Gasteiger charge is 2.69. The summed E-state index contributed by atoms with van der Waals surface area (Å²) >= 11 is 3.40. The van der Waals surface area contributed by atoms with E-state index in [1.165, 1.54) is 0 Å². The molecule has 1 aliphatic carbocycles. The topological polar surface area (TPSA) is 69.4 Å². The third-order valence-electron chi connectivity index (χ3n) is 4.61. The van der Waals surface area contributed by atoms with E-state index in [4.69, 9.17) is 10.5 Å². The molecule has 2 aromatic rings. The van der Waals surface area contributed by atoms with Crippen LogP contribution in [0.3, 0.4) is 0 Å². The number of nitrogens with two attached hydrogens (primary N) is 1. The number of ether oxygens (including phenoxy) is 1. The second kappa shape index (κ2) is 6.26. The highest BCUT2D eigenvalue weighted by Crippen LogP contribution is 2.55. The molecule has 0 radical (unpaired) electrons. The van der Waals surface area contributed by atoms with E-state index < -0.39 is 20.6 Å². The van der Waals surface area contributed by atoms with Gasteiger partial charge in [0.05, 0.1) is 22.3 Å². The van der Waals surface area contributed by atoms with E-state index in [-0.39, 0.29) is 12.5 Å². The Morgan fingerprint density at radius 1 is 1.12 bits per heavy atom. The standard InChI is InChI=1S/C18H20BrNO3S/c1-12-3-9-15(10-4-12)24(21,22)17-16(18(17,20)11-23-2)13-5-7-14(19)8-6-13/h3-10,16-17H,11,20H2,1-2H3/t16-,17-,18+/m0/s1. The second-order valence-corrected chi connectivity index (χ2v) is 9.34. The van der Waals surface area contributed by atoms with Gasteiger partial charge >= 0.3 is 0 Å². The molecule has 0 spiro atoms. The summed E-state index contributed by atoms with van der Waals surface area (Å²) in [6, 6.07) is 14.5. The molecule has 1 aliphatic rings. The van der Waals surface area contributed by atoms with Crippen molar-refractivity contribution in [2.45, 2.75) is 28.5 Å². The molecule has 0 aromatic heterocycles. The molecule has 6 heteroatoms. The van der Waals surface area contributed by atoms with Crippen molar-refractivity contribution in [3.8, 4) is 0 Å². The lowest BCUT2D eigenvalue weighted by Crippen LogP contribution is -2.35. The van der Waals surface area contributed by atoms with Crippen LogP contribution in [0.5, 0.6) is 0 Å². The number of methoxy groups -OCH3 is 1. The molecule has 128 valence electrons. The Hall–Kier alpha value is -1.21. The monoisotopic (exact) mass is 409 g/mol. The van der Waals surface area contributed by atoms with Gasteiger partial charge in [-0.2, -0.15) is 0 Å². The van der Waals surface area contributed by atoms with Crippen LogP contribution < -0.4 is 5.73 Å². The van der Waals surface area contributed by atoms with Crippen molar-refractivity contribution >= 4 is 25.8 Å². The van der Waals surface area contributed by atoms with Gasteiger partial charge in [0.1, 0.15) is 0 Å². The zero-order chi connectivity index (χ0) is 17.5. The summed E-state index contributed by atoms with van der Waals surface area (Å²) in [5.41, 5.74) is 7.48. The van der Waals surface area contributed by atoms with Crippen LogP contribution in [0.25, 0.3) is 0 Å². The minimum atomic E-state index is -3.54. The molecule has 4 nitrogen and oxygen atoms in total. The molecule has 0 unspecified atom stereocenters. The van der Waals surface area contributed by atoms with E-state index in [0.29, 0.717) is 4.90 Å². The Balaban J connectivity index is 2.01. The maximum atomic E-state index is 13.1. The second-order valence-electron chi connectivity index (χ2n) is 6.35. The van der Waals surface area contributed by atoms with E-state index in [9.17, 15) is 8.42 Å². The van der Waals surface area contributed by atoms with E-state index in [2.05, 4.69) is 15.9 Å². The van der Waals surface area contributed by atoms with E-state index in [1.54, 1.807) is 31.4 Å². The third kappa shape index (κ3) is 2.92. The molecule has 1 saturated carbocycles. The summed E-state index contributed by atoms with van der Waals surface area (Å²) in [5, 5.41) is -0.686. The molecular weight excluding hydrogens is 390 g/mol. The molecular formula is C18H20BrNO3S. The van der Waals surface area contributed by atoms with Crippen LogP contribution in [-0.4, -0.2) is 32.9 Å². The van der Waals surface area contributed by atoms with Crippen LogP contribution in [0.1, 0.15) is 17.0 Å². The van der Waals surface area contributed by atoms with E-state index in [0.717, 1.165) is 15.6 Å². The predicted octanol–water partition coefficient (Wildman–Crippen LogP) is 3.04. The van der Waals surface area contributed by atoms with Crippen molar-refractivity contribution in [2.24, 2.45) is 5.73 Å². The van der Waals surface area contributed by atoms with Crippen molar-refractivity contribution in [1.82, 2.24) is 0 Å². The van der Waals surface area contributed by atoms with Gasteiger partial charge in [-0.25, -0.2) is 8.42 Å². The third-order valence-corrected chi connectivity index (χ3v) is 7.45. The normalized spacial score (nSPS) is 26.3. The van der Waals surface area contributed by atoms with Gasteiger partial charge in [0.15, 0.2) is 9.84 Å². The quantitative estimate of drug-likeness (QED) is 0.823. The first-order valence-electron chi connectivity index (χ1n) is 7.64. The predicted molar refractivity (Wildman–Crippen MR) is 97.8 cm³/mol. The summed E-state index contributed by atoms with van der Waals surface area (Å²) in [6.45, 7) is 2.12. The zero-order valence-electron chi connectivity index (χ0n) is 13.6. The zero-order valence-corrected chi connectivity index (χ0v) is 16.0. The van der Waals surface area contributed by atoms with Gasteiger partial charge in [-0.15, -0.1) is 0 Å². The van der Waals surface area contributed by atoms with Gasteiger partial charge in [0.25, 0.3) is 0 Å². The Morgan fingerprint density at radius 2 is 1.71 bits per heavy atom. The molecule has 0 bridgehead atoms. The molecule has 2 N–H and O–H groups in total. The molecule has 0 heterocycles. The Kier molecular flexibility index (Phi) is 4.59. The number of benzene rings is 2. The number of hydrogen-bond donors (Lipinski definition) is 1. The summed E-state index contributed by atoms with van der Waals surface area (Å²) in [7, 11) is -1.99. The highest BCUT2D eigenvalue weighted by atomic mass is 79.9. The number of aryl methyl sites for hydroxylation is 1. The fraction of sp³-hybridized carbons (Fsp3) is 0.333. The first-order valence-corrected chi connectivity index (χ1v) is 9.98. The Labute approximate surface area is 151 Å². The average Bonchev–Trinajstić information content (AvgIpc) is 3.15. The minimum absolute atomic E-state index is 0.198. The number of rotatable bonds is 5. The maximum absolute atomic E-state index is 13.1. The molecule has 0 aliphatic heterocycles. The van der Waals surface area contributed by atoms with Gasteiger partial charge in [-0.1, -0.05) is 45.8 Å². The van der Waals surface area contributed by atoms with Gasteiger partial charge < -0.3 is 10.5 Å². The van der Waals surface area contributed by atoms with Crippen LogP contribution in [-0.2, 0) is 14.6 Å². The number of sulfone groups is 1. The summed E-state index contributed by atoms with van der Waals surface area (Å²) in [4.78, 5) is 0.309. The smallest absolute Gasteiger partial charge is 0.183 e. The Bertz CT molecular complexity index is 834. The van der Waals surface area contributed by atoms with Gasteiger partial charge in [-0.3, -0.25) is 0 Å². The number of halogens is 1. The molecule has 3 atom stereocenters. The summed E-state index contributed by atoms with van der Waals surface area (Å²) < 4.78 is 32.4. The fourth-order valence-corrected chi connectivity index (χ4v) is 5.90. The SMILES string of the molecule is COC[C@@]1(N)[C@@H](c2ccc(Br)cc2)[C@@H]1S(=O)(=O)c1ccc(C)cc1. The lowest BCUT2D eigenvalue weighted by molar-refractivity contribution is 0.171. The van der Waals surface area contributed by atoms with Crippen LogP contribution in [0.4, 0.5) is 0 Å². The average molecular weight is 410 g/mol. The highest BCUT2D eigenvalue weighted by molar-refractivity contribution is 9.10. The number of hydrogen-bond acceptors (Lipinski definition) is 4. The van der Waals surface area contributed by atoms with E-state index >= 15 is 0 Å². The molecule has 1 fully saturated rings. The molecule has 0 amide bonds. The lowest BCUT2D eigenvalue weighted by atomic mass is 10.1. The van der Waals surface area contributed by atoms with Crippen LogP contribution in [0, 0.1) is 6.92 Å². The molecule has 3 rings (SSSR count). The molecule has 2 aromatic carbocycles. The first kappa shape index (κ1) is 17.6. The van der Waals surface area contributed by atoms with Crippen molar-refractivity contribution in [3.63, 3.8) is 0 Å². The first-order chi connectivity index (χ1) is 11.3. The van der Waals surface area contributed by atoms with Crippen molar-refractivity contribution in [2.75, 3.05) is 13.7 Å². The summed E-state index contributed by atoms with van der Waals surface area (Å²) in [5.74, 6) is -0.281. The van der Waals surface area contributed by atoms with Crippen molar-refractivity contribution < 1.29 is 13.2 Å². The largest absolute Gasteiger partial charge is 0.383 e. The summed E-state index contributed by atoms with van der Waals surface area (Å²) in [6.07, 6.45) is 0. The Morgan fingerprint density at radius 3 is 2.25 bits per heavy atom. The minimum Gasteiger partial charge on any atom is -0.383 e. The van der Waals surface area contributed by atoms with Crippen LogP contribution >= 0.6 is 15.9 Å². The van der Waals surface area contributed by atoms with Crippen molar-refractivity contribution in [1.29, 1.82) is 0 Å². The van der Waals surface area contributed by atoms with Crippen LogP contribution in [0.15, 0.2) is 57.9 Å². The molecule has 24 heavy (non-hydrogen) atoms. The van der Waals surface area contributed by atoms with E-state index in [1.807, 2.05) is 31.2 Å². The van der Waals surface area contributed by atoms with Gasteiger partial charge in [0.2, 0.25) is 0 Å². The van der Waals surface area contributed by atoms with Crippen molar-refractivity contribution in [3.05, 3.63) is 64.1 Å². The maximum Gasteiger partial charge on any atom is 0.183 e.